The third kappa shape index (κ3) is 2.64. The summed E-state index contributed by atoms with van der Waals surface area (Å²) in [4.78, 5) is 4.63. The highest BCUT2D eigenvalue weighted by molar-refractivity contribution is 5.82. The Labute approximate surface area is 101 Å². The van der Waals surface area contributed by atoms with Crippen LogP contribution in [0.5, 0.6) is 0 Å². The zero-order chi connectivity index (χ0) is 12.1. The fourth-order valence-corrected chi connectivity index (χ4v) is 1.62. The van der Waals surface area contributed by atoms with Crippen LogP contribution < -0.4 is 5.73 Å². The van der Waals surface area contributed by atoms with Gasteiger partial charge < -0.3 is 10.6 Å². The minimum absolute atomic E-state index is 0.783. The summed E-state index contributed by atoms with van der Waals surface area (Å²) in [5, 5.41) is 3.71. The molecule has 0 radical (unpaired) electrons. The molecule has 2 aromatic rings. The Morgan fingerprint density at radius 2 is 1.76 bits per heavy atom. The number of oxime groups is 1. The van der Waals surface area contributed by atoms with Crippen LogP contribution in [0.1, 0.15) is 5.56 Å². The first-order chi connectivity index (χ1) is 8.31. The normalized spacial score (nSPS) is 10.6. The van der Waals surface area contributed by atoms with Gasteiger partial charge in [-0.1, -0.05) is 47.6 Å². The van der Waals surface area contributed by atoms with Gasteiger partial charge in [0.05, 0.1) is 6.21 Å². The predicted octanol–water partition coefficient (Wildman–Crippen LogP) is 2.92. The Morgan fingerprint density at radius 3 is 2.41 bits per heavy atom. The Bertz CT molecular complexity index is 518. The quantitative estimate of drug-likeness (QED) is 0.497. The molecule has 0 fully saturated rings. The molecular weight excluding hydrogens is 212 g/mol. The minimum atomic E-state index is 0.783. The van der Waals surface area contributed by atoms with Crippen molar-refractivity contribution in [1.82, 2.24) is 0 Å². The first-order valence-electron chi connectivity index (χ1n) is 5.33. The maximum atomic E-state index is 5.92. The van der Waals surface area contributed by atoms with Crippen molar-refractivity contribution in [3.63, 3.8) is 0 Å². The maximum absolute atomic E-state index is 5.92. The molecule has 0 unspecified atom stereocenters. The Morgan fingerprint density at radius 1 is 1.06 bits per heavy atom. The monoisotopic (exact) mass is 226 g/mol. The van der Waals surface area contributed by atoms with E-state index in [1.54, 1.807) is 6.21 Å². The van der Waals surface area contributed by atoms with E-state index in [1.807, 2.05) is 48.5 Å². The van der Waals surface area contributed by atoms with E-state index >= 15 is 0 Å². The van der Waals surface area contributed by atoms with Crippen LogP contribution in [0, 0.1) is 0 Å². The van der Waals surface area contributed by atoms with Crippen molar-refractivity contribution in [3.05, 3.63) is 54.1 Å². The molecule has 0 saturated heterocycles. The number of hydrogen-bond donors (Lipinski definition) is 1. The van der Waals surface area contributed by atoms with Crippen LogP contribution in [-0.4, -0.2) is 13.3 Å². The zero-order valence-corrected chi connectivity index (χ0v) is 9.63. The summed E-state index contributed by atoms with van der Waals surface area (Å²) in [5.74, 6) is 0. The molecule has 0 aromatic heterocycles. The number of benzene rings is 2. The van der Waals surface area contributed by atoms with Gasteiger partial charge in [0.25, 0.3) is 0 Å². The summed E-state index contributed by atoms with van der Waals surface area (Å²) in [6.45, 7) is 0. The highest BCUT2D eigenvalue weighted by Crippen LogP contribution is 2.25. The average molecular weight is 226 g/mol. The molecule has 0 aliphatic carbocycles. The number of para-hydroxylation sites is 1. The summed E-state index contributed by atoms with van der Waals surface area (Å²) in [7, 11) is 1.52. The summed E-state index contributed by atoms with van der Waals surface area (Å²) in [5.41, 5.74) is 9.84. The van der Waals surface area contributed by atoms with Crippen LogP contribution in [0.15, 0.2) is 53.7 Å². The van der Waals surface area contributed by atoms with E-state index in [0.717, 1.165) is 22.4 Å². The lowest BCUT2D eigenvalue weighted by atomic mass is 10.0. The van der Waals surface area contributed by atoms with E-state index in [4.69, 9.17) is 5.73 Å². The van der Waals surface area contributed by atoms with Crippen LogP contribution >= 0.6 is 0 Å². The largest absolute Gasteiger partial charge is 0.399 e. The predicted molar refractivity (Wildman–Crippen MR) is 70.9 cm³/mol. The molecule has 0 saturated carbocycles. The SMILES string of the molecule is CO/N=C\c1ccc(-c2ccccc2N)cc1. The molecule has 0 bridgehead atoms. The van der Waals surface area contributed by atoms with Gasteiger partial charge >= 0.3 is 0 Å². The molecule has 0 spiro atoms. The fourth-order valence-electron chi connectivity index (χ4n) is 1.62. The van der Waals surface area contributed by atoms with E-state index < -0.39 is 0 Å². The van der Waals surface area contributed by atoms with Gasteiger partial charge in [-0.3, -0.25) is 0 Å². The lowest BCUT2D eigenvalue weighted by Crippen LogP contribution is -1.89. The maximum Gasteiger partial charge on any atom is 0.106 e. The van der Waals surface area contributed by atoms with Crippen molar-refractivity contribution < 1.29 is 4.84 Å². The van der Waals surface area contributed by atoms with E-state index in [9.17, 15) is 0 Å². The molecule has 2 N–H and O–H groups in total. The number of anilines is 1. The van der Waals surface area contributed by atoms with Crippen molar-refractivity contribution in [3.8, 4) is 11.1 Å². The second-order valence-corrected chi connectivity index (χ2v) is 3.63. The van der Waals surface area contributed by atoms with Crippen LogP contribution in [0.25, 0.3) is 11.1 Å². The standard InChI is InChI=1S/C14H14N2O/c1-17-16-10-11-6-8-12(9-7-11)13-4-2-3-5-14(13)15/h2-10H,15H2,1H3/b16-10-. The van der Waals surface area contributed by atoms with Gasteiger partial charge in [0.15, 0.2) is 0 Å². The van der Waals surface area contributed by atoms with Crippen molar-refractivity contribution in [1.29, 1.82) is 0 Å². The van der Waals surface area contributed by atoms with Gasteiger partial charge in [0.2, 0.25) is 0 Å². The van der Waals surface area contributed by atoms with Crippen molar-refractivity contribution in [2.45, 2.75) is 0 Å². The number of rotatable bonds is 3. The second-order valence-electron chi connectivity index (χ2n) is 3.63. The molecule has 3 nitrogen and oxygen atoms in total. The summed E-state index contributed by atoms with van der Waals surface area (Å²) in [6.07, 6.45) is 1.66. The third-order valence-electron chi connectivity index (χ3n) is 2.49. The molecule has 2 aromatic carbocycles. The van der Waals surface area contributed by atoms with Crippen molar-refractivity contribution in [2.24, 2.45) is 5.16 Å². The smallest absolute Gasteiger partial charge is 0.106 e. The van der Waals surface area contributed by atoms with Gasteiger partial charge in [-0.05, 0) is 17.2 Å². The second kappa shape index (κ2) is 5.16. The summed E-state index contributed by atoms with van der Waals surface area (Å²) in [6, 6.07) is 15.8. The van der Waals surface area contributed by atoms with E-state index in [1.165, 1.54) is 7.11 Å². The highest BCUT2D eigenvalue weighted by atomic mass is 16.6. The first-order valence-corrected chi connectivity index (χ1v) is 5.33. The third-order valence-corrected chi connectivity index (χ3v) is 2.49. The number of nitrogens with zero attached hydrogens (tertiary/aromatic N) is 1. The molecule has 3 heteroatoms. The molecular formula is C14H14N2O. The Kier molecular flexibility index (Phi) is 3.40. The van der Waals surface area contributed by atoms with Gasteiger partial charge in [-0.25, -0.2) is 0 Å². The lowest BCUT2D eigenvalue weighted by Gasteiger charge is -2.05. The van der Waals surface area contributed by atoms with Gasteiger partial charge in [-0.15, -0.1) is 0 Å². The molecule has 2 rings (SSSR count). The molecule has 0 amide bonds. The first kappa shape index (κ1) is 11.2. The zero-order valence-electron chi connectivity index (χ0n) is 9.63. The summed E-state index contributed by atoms with van der Waals surface area (Å²) >= 11 is 0. The van der Waals surface area contributed by atoms with Gasteiger partial charge in [-0.2, -0.15) is 0 Å². The molecule has 0 aliphatic heterocycles. The Balaban J connectivity index is 2.30. The van der Waals surface area contributed by atoms with Crippen LogP contribution in [0.3, 0.4) is 0 Å². The van der Waals surface area contributed by atoms with E-state index in [-0.39, 0.29) is 0 Å². The van der Waals surface area contributed by atoms with Crippen LogP contribution in [0.4, 0.5) is 5.69 Å². The molecule has 0 aliphatic rings. The summed E-state index contributed by atoms with van der Waals surface area (Å²) < 4.78 is 0. The van der Waals surface area contributed by atoms with Crippen LogP contribution in [-0.2, 0) is 4.84 Å². The topological polar surface area (TPSA) is 47.6 Å². The fraction of sp³-hybridized carbons (Fsp3) is 0.0714. The van der Waals surface area contributed by atoms with E-state index in [2.05, 4.69) is 9.99 Å². The van der Waals surface area contributed by atoms with Crippen molar-refractivity contribution in [2.75, 3.05) is 12.8 Å². The number of nitrogens with two attached hydrogens (primary N) is 1. The van der Waals surface area contributed by atoms with Crippen molar-refractivity contribution >= 4 is 11.9 Å². The highest BCUT2D eigenvalue weighted by Gasteiger charge is 2.00. The molecule has 0 atom stereocenters. The number of hydrogen-bond acceptors (Lipinski definition) is 3. The van der Waals surface area contributed by atoms with Crippen LogP contribution in [0.2, 0.25) is 0 Å². The van der Waals surface area contributed by atoms with Gasteiger partial charge in [0, 0.05) is 11.3 Å². The van der Waals surface area contributed by atoms with E-state index in [0.29, 0.717) is 0 Å². The molecule has 17 heavy (non-hydrogen) atoms. The minimum Gasteiger partial charge on any atom is -0.399 e. The van der Waals surface area contributed by atoms with Gasteiger partial charge in [0.1, 0.15) is 7.11 Å². The number of nitrogen functional groups attached to an aromatic ring is 1. The lowest BCUT2D eigenvalue weighted by molar-refractivity contribution is 0.215. The molecule has 0 heterocycles. The molecule has 86 valence electrons. The average Bonchev–Trinajstić information content (AvgIpc) is 2.38. The Hall–Kier alpha value is -2.29.